The number of hydrogen-bond donors (Lipinski definition) is 3. The fourth-order valence-corrected chi connectivity index (χ4v) is 2.85. The van der Waals surface area contributed by atoms with E-state index in [0.29, 0.717) is 6.42 Å². The lowest BCUT2D eigenvalue weighted by Gasteiger charge is -2.26. The molecule has 6 nitrogen and oxygen atoms in total. The third kappa shape index (κ3) is 3.76. The van der Waals surface area contributed by atoms with Gasteiger partial charge in [-0.2, -0.15) is 0 Å². The molecule has 19 heavy (non-hydrogen) atoms. The summed E-state index contributed by atoms with van der Waals surface area (Å²) in [4.78, 5) is 10.6. The predicted octanol–water partition coefficient (Wildman–Crippen LogP) is 0.824. The molecule has 0 bridgehead atoms. The summed E-state index contributed by atoms with van der Waals surface area (Å²) >= 11 is 0. The van der Waals surface area contributed by atoms with Gasteiger partial charge in [0.05, 0.1) is 22.6 Å². The lowest BCUT2D eigenvalue weighted by Crippen LogP contribution is -2.48. The zero-order valence-electron chi connectivity index (χ0n) is 10.8. The van der Waals surface area contributed by atoms with Gasteiger partial charge in [0.2, 0.25) is 10.0 Å². The maximum atomic E-state index is 12.1. The SMILES string of the molecule is CCC(C)(CO)NS(=O)(=O)c1ccc(C(=O)O)cc1. The highest BCUT2D eigenvalue weighted by Crippen LogP contribution is 2.16. The van der Waals surface area contributed by atoms with Crippen LogP contribution >= 0.6 is 0 Å². The summed E-state index contributed by atoms with van der Waals surface area (Å²) in [6.07, 6.45) is 0.427. The van der Waals surface area contributed by atoms with Crippen LogP contribution in [0.3, 0.4) is 0 Å². The van der Waals surface area contributed by atoms with Crippen LogP contribution in [0.5, 0.6) is 0 Å². The van der Waals surface area contributed by atoms with E-state index in [9.17, 15) is 18.3 Å². The Morgan fingerprint density at radius 1 is 1.32 bits per heavy atom. The molecule has 0 saturated carbocycles. The minimum Gasteiger partial charge on any atom is -0.478 e. The first kappa shape index (κ1) is 15.6. The summed E-state index contributed by atoms with van der Waals surface area (Å²) in [6, 6.07) is 4.89. The first-order valence-electron chi connectivity index (χ1n) is 5.72. The third-order valence-corrected chi connectivity index (χ3v) is 4.58. The lowest BCUT2D eigenvalue weighted by atomic mass is 10.0. The number of carboxylic acids is 1. The van der Waals surface area contributed by atoms with Gasteiger partial charge in [-0.05, 0) is 37.6 Å². The van der Waals surface area contributed by atoms with E-state index in [2.05, 4.69) is 4.72 Å². The normalized spacial score (nSPS) is 14.9. The van der Waals surface area contributed by atoms with E-state index in [1.165, 1.54) is 24.3 Å². The van der Waals surface area contributed by atoms with Gasteiger partial charge in [0.1, 0.15) is 0 Å². The highest BCUT2D eigenvalue weighted by molar-refractivity contribution is 7.89. The van der Waals surface area contributed by atoms with Crippen LogP contribution in [0.15, 0.2) is 29.2 Å². The van der Waals surface area contributed by atoms with Crippen molar-refractivity contribution in [3.8, 4) is 0 Å². The van der Waals surface area contributed by atoms with Gasteiger partial charge in [0.25, 0.3) is 0 Å². The first-order chi connectivity index (χ1) is 8.74. The van der Waals surface area contributed by atoms with Gasteiger partial charge in [0, 0.05) is 0 Å². The lowest BCUT2D eigenvalue weighted by molar-refractivity contribution is 0.0696. The summed E-state index contributed by atoms with van der Waals surface area (Å²) in [5, 5.41) is 18.0. The van der Waals surface area contributed by atoms with Crippen LogP contribution in [-0.4, -0.2) is 36.7 Å². The number of carbonyl (C=O) groups is 1. The number of aliphatic hydroxyl groups is 1. The summed E-state index contributed by atoms with van der Waals surface area (Å²) in [5.74, 6) is -1.12. The van der Waals surface area contributed by atoms with Gasteiger partial charge in [-0.15, -0.1) is 0 Å². The van der Waals surface area contributed by atoms with E-state index >= 15 is 0 Å². The van der Waals surface area contributed by atoms with Crippen LogP contribution in [0.2, 0.25) is 0 Å². The molecule has 0 aliphatic carbocycles. The summed E-state index contributed by atoms with van der Waals surface area (Å²) in [5.41, 5.74) is -0.927. The Morgan fingerprint density at radius 3 is 2.21 bits per heavy atom. The van der Waals surface area contributed by atoms with Crippen molar-refractivity contribution in [3.05, 3.63) is 29.8 Å². The van der Waals surface area contributed by atoms with E-state index in [1.807, 2.05) is 0 Å². The van der Waals surface area contributed by atoms with Crippen molar-refractivity contribution in [3.63, 3.8) is 0 Å². The quantitative estimate of drug-likeness (QED) is 0.718. The fourth-order valence-electron chi connectivity index (χ4n) is 1.38. The fraction of sp³-hybridized carbons (Fsp3) is 0.417. The molecule has 0 amide bonds. The molecule has 0 heterocycles. The Morgan fingerprint density at radius 2 is 1.84 bits per heavy atom. The summed E-state index contributed by atoms with van der Waals surface area (Å²) in [7, 11) is -3.79. The second-order valence-electron chi connectivity index (χ2n) is 4.51. The van der Waals surface area contributed by atoms with Crippen LogP contribution in [0.4, 0.5) is 0 Å². The van der Waals surface area contributed by atoms with Crippen LogP contribution in [-0.2, 0) is 10.0 Å². The molecule has 0 aromatic heterocycles. The summed E-state index contributed by atoms with van der Waals surface area (Å²) in [6.45, 7) is 3.03. The Kier molecular flexibility index (Phi) is 4.67. The number of hydrogen-bond acceptors (Lipinski definition) is 4. The molecule has 0 spiro atoms. The van der Waals surface area contributed by atoms with Crippen molar-refractivity contribution in [1.29, 1.82) is 0 Å². The number of nitrogens with one attached hydrogen (secondary N) is 1. The van der Waals surface area contributed by atoms with Crippen molar-refractivity contribution in [2.75, 3.05) is 6.61 Å². The van der Waals surface area contributed by atoms with Crippen molar-refractivity contribution in [1.82, 2.24) is 4.72 Å². The average molecular weight is 287 g/mol. The van der Waals surface area contributed by atoms with Gasteiger partial charge < -0.3 is 10.2 Å². The molecule has 0 fully saturated rings. The molecule has 1 aromatic rings. The topological polar surface area (TPSA) is 104 Å². The molecule has 1 rings (SSSR count). The van der Waals surface area contributed by atoms with Gasteiger partial charge in [-0.3, -0.25) is 0 Å². The first-order valence-corrected chi connectivity index (χ1v) is 7.20. The monoisotopic (exact) mass is 287 g/mol. The maximum Gasteiger partial charge on any atom is 0.335 e. The number of benzene rings is 1. The van der Waals surface area contributed by atoms with Crippen molar-refractivity contribution in [2.45, 2.75) is 30.7 Å². The van der Waals surface area contributed by atoms with Gasteiger partial charge in [-0.25, -0.2) is 17.9 Å². The standard InChI is InChI=1S/C12H17NO5S/c1-3-12(2,8-14)13-19(17,18)10-6-4-9(5-7-10)11(15)16/h4-7,13-14H,3,8H2,1-2H3,(H,15,16). The number of aromatic carboxylic acids is 1. The Balaban J connectivity index is 3.04. The molecule has 7 heteroatoms. The molecule has 1 atom stereocenters. The molecular formula is C12H17NO5S. The van der Waals surface area contributed by atoms with Crippen molar-refractivity contribution in [2.24, 2.45) is 0 Å². The minimum atomic E-state index is -3.79. The highest BCUT2D eigenvalue weighted by Gasteiger charge is 2.28. The molecule has 106 valence electrons. The van der Waals surface area contributed by atoms with Gasteiger partial charge in [0.15, 0.2) is 0 Å². The van der Waals surface area contributed by atoms with Gasteiger partial charge >= 0.3 is 5.97 Å². The Hall–Kier alpha value is -1.44. The molecule has 0 aliphatic rings. The minimum absolute atomic E-state index is 0.0133. The van der Waals surface area contributed by atoms with Crippen molar-refractivity contribution < 1.29 is 23.4 Å². The average Bonchev–Trinajstić information content (AvgIpc) is 2.38. The van der Waals surface area contributed by atoms with Crippen LogP contribution in [0.1, 0.15) is 30.6 Å². The van der Waals surface area contributed by atoms with Crippen LogP contribution < -0.4 is 4.72 Å². The van der Waals surface area contributed by atoms with E-state index in [1.54, 1.807) is 13.8 Å². The molecule has 1 unspecified atom stereocenters. The molecule has 0 aliphatic heterocycles. The van der Waals surface area contributed by atoms with E-state index < -0.39 is 21.5 Å². The van der Waals surface area contributed by atoms with Crippen LogP contribution in [0.25, 0.3) is 0 Å². The molecule has 1 aromatic carbocycles. The second kappa shape index (κ2) is 5.68. The van der Waals surface area contributed by atoms with Gasteiger partial charge in [-0.1, -0.05) is 6.92 Å². The van der Waals surface area contributed by atoms with Crippen LogP contribution in [0, 0.1) is 0 Å². The maximum absolute atomic E-state index is 12.1. The Labute approximate surface area is 112 Å². The second-order valence-corrected chi connectivity index (χ2v) is 6.19. The number of aliphatic hydroxyl groups excluding tert-OH is 1. The predicted molar refractivity (Wildman–Crippen MR) is 69.5 cm³/mol. The smallest absolute Gasteiger partial charge is 0.335 e. The number of sulfonamides is 1. The molecular weight excluding hydrogens is 270 g/mol. The van der Waals surface area contributed by atoms with E-state index in [-0.39, 0.29) is 17.1 Å². The van der Waals surface area contributed by atoms with E-state index in [0.717, 1.165) is 0 Å². The zero-order valence-corrected chi connectivity index (χ0v) is 11.6. The highest BCUT2D eigenvalue weighted by atomic mass is 32.2. The van der Waals surface area contributed by atoms with Crippen molar-refractivity contribution >= 4 is 16.0 Å². The third-order valence-electron chi connectivity index (χ3n) is 2.92. The molecule has 0 saturated heterocycles. The number of carboxylic acid groups (broad SMARTS) is 1. The van der Waals surface area contributed by atoms with E-state index in [4.69, 9.17) is 5.11 Å². The molecule has 0 radical (unpaired) electrons. The summed E-state index contributed by atoms with van der Waals surface area (Å²) < 4.78 is 26.6. The molecule has 3 N–H and O–H groups in total. The zero-order chi connectivity index (χ0) is 14.7. The Bertz CT molecular complexity index is 546. The number of rotatable bonds is 6. The largest absolute Gasteiger partial charge is 0.478 e.